The van der Waals surface area contributed by atoms with Gasteiger partial charge in [0.15, 0.2) is 11.6 Å². The van der Waals surface area contributed by atoms with Crippen molar-refractivity contribution in [3.8, 4) is 0 Å². The van der Waals surface area contributed by atoms with Crippen LogP contribution in [0, 0.1) is 5.82 Å². The summed E-state index contributed by atoms with van der Waals surface area (Å²) in [5, 5.41) is 1.78. The number of nitrogens with zero attached hydrogens (tertiary/aromatic N) is 1. The molecule has 3 aromatic carbocycles. The van der Waals surface area contributed by atoms with Crippen molar-refractivity contribution in [2.75, 3.05) is 31.2 Å². The molecular weight excluding hydrogens is 345 g/mol. The van der Waals surface area contributed by atoms with Gasteiger partial charge in [0.05, 0.1) is 18.9 Å². The molecule has 4 nitrogen and oxygen atoms in total. The maximum Gasteiger partial charge on any atom is 0.194 e. The molecule has 0 atom stereocenters. The van der Waals surface area contributed by atoms with Gasteiger partial charge in [-0.1, -0.05) is 24.3 Å². The first-order chi connectivity index (χ1) is 13.1. The average molecular weight is 361 g/mol. The molecule has 0 spiro atoms. The minimum absolute atomic E-state index is 0.136. The molecule has 3 aromatic rings. The number of morpholine rings is 1. The highest BCUT2D eigenvalue weighted by Gasteiger charge is 2.32. The molecule has 1 aliphatic carbocycles. The van der Waals surface area contributed by atoms with Gasteiger partial charge in [-0.25, -0.2) is 4.39 Å². The highest BCUT2D eigenvalue weighted by molar-refractivity contribution is 6.29. The molecule has 5 rings (SSSR count). The number of anilines is 1. The van der Waals surface area contributed by atoms with Crippen molar-refractivity contribution in [3.63, 3.8) is 0 Å². The summed E-state index contributed by atoms with van der Waals surface area (Å²) in [5.41, 5.74) is 1.47. The Labute approximate surface area is 155 Å². The van der Waals surface area contributed by atoms with E-state index >= 15 is 0 Å². The van der Waals surface area contributed by atoms with Crippen LogP contribution in [0.1, 0.15) is 31.8 Å². The van der Waals surface area contributed by atoms with Gasteiger partial charge in [-0.3, -0.25) is 9.59 Å². The van der Waals surface area contributed by atoms with E-state index in [0.29, 0.717) is 43.1 Å². The number of hydrogen-bond donors (Lipinski definition) is 0. The molecule has 1 aliphatic heterocycles. The number of carbonyl (C=O) groups is 2. The molecule has 1 heterocycles. The highest BCUT2D eigenvalue weighted by atomic mass is 19.1. The zero-order chi connectivity index (χ0) is 18.5. The monoisotopic (exact) mass is 361 g/mol. The number of benzene rings is 3. The molecule has 1 fully saturated rings. The van der Waals surface area contributed by atoms with Crippen LogP contribution in [0.3, 0.4) is 0 Å². The lowest BCUT2D eigenvalue weighted by atomic mass is 9.82. The Morgan fingerprint density at radius 2 is 1.30 bits per heavy atom. The molecule has 5 heteroatoms. The van der Waals surface area contributed by atoms with E-state index in [1.54, 1.807) is 12.1 Å². The lowest BCUT2D eigenvalue weighted by Crippen LogP contribution is -2.37. The number of fused-ring (bicyclic) bond motifs is 3. The zero-order valence-corrected chi connectivity index (χ0v) is 14.5. The van der Waals surface area contributed by atoms with E-state index in [1.807, 2.05) is 29.2 Å². The SMILES string of the molecule is O=C1c2cc(F)c(N3CCOCC3)cc2C(=O)c2cc3ccccc3cc21. The van der Waals surface area contributed by atoms with Crippen LogP contribution < -0.4 is 4.90 Å². The molecule has 0 bridgehead atoms. The Kier molecular flexibility index (Phi) is 3.58. The lowest BCUT2D eigenvalue weighted by Gasteiger charge is -2.30. The van der Waals surface area contributed by atoms with Crippen LogP contribution in [-0.2, 0) is 4.74 Å². The number of ketones is 2. The minimum atomic E-state index is -0.485. The van der Waals surface area contributed by atoms with Gasteiger partial charge in [0.1, 0.15) is 5.82 Å². The number of rotatable bonds is 1. The lowest BCUT2D eigenvalue weighted by molar-refractivity contribution is 0.0979. The fourth-order valence-electron chi connectivity index (χ4n) is 3.89. The van der Waals surface area contributed by atoms with Crippen LogP contribution in [0.4, 0.5) is 10.1 Å². The topological polar surface area (TPSA) is 46.6 Å². The van der Waals surface area contributed by atoms with Gasteiger partial charge in [-0.2, -0.15) is 0 Å². The summed E-state index contributed by atoms with van der Waals surface area (Å²) in [5.74, 6) is -1.03. The van der Waals surface area contributed by atoms with Crippen molar-refractivity contribution in [2.45, 2.75) is 0 Å². The second-order valence-corrected chi connectivity index (χ2v) is 6.85. The molecule has 0 N–H and O–H groups in total. The highest BCUT2D eigenvalue weighted by Crippen LogP contribution is 2.34. The molecule has 0 saturated carbocycles. The summed E-state index contributed by atoms with van der Waals surface area (Å²) < 4.78 is 20.1. The van der Waals surface area contributed by atoms with Crippen molar-refractivity contribution >= 4 is 28.0 Å². The fraction of sp³-hybridized carbons (Fsp3) is 0.182. The second kappa shape index (κ2) is 5.99. The van der Waals surface area contributed by atoms with Crippen molar-refractivity contribution in [1.29, 1.82) is 0 Å². The number of hydrogen-bond acceptors (Lipinski definition) is 4. The largest absolute Gasteiger partial charge is 0.378 e. The summed E-state index contributed by atoms with van der Waals surface area (Å²) in [7, 11) is 0. The average Bonchev–Trinajstić information content (AvgIpc) is 2.71. The van der Waals surface area contributed by atoms with Gasteiger partial charge < -0.3 is 9.64 Å². The van der Waals surface area contributed by atoms with E-state index in [1.165, 1.54) is 12.1 Å². The van der Waals surface area contributed by atoms with Crippen LogP contribution in [0.15, 0.2) is 48.5 Å². The number of carbonyl (C=O) groups excluding carboxylic acids is 2. The van der Waals surface area contributed by atoms with E-state index in [0.717, 1.165) is 10.8 Å². The first-order valence-corrected chi connectivity index (χ1v) is 8.92. The quantitative estimate of drug-likeness (QED) is 0.520. The van der Waals surface area contributed by atoms with Crippen LogP contribution >= 0.6 is 0 Å². The maximum absolute atomic E-state index is 14.7. The van der Waals surface area contributed by atoms with Gasteiger partial charge in [0, 0.05) is 35.3 Å². The van der Waals surface area contributed by atoms with E-state index in [2.05, 4.69) is 0 Å². The fourth-order valence-corrected chi connectivity index (χ4v) is 3.89. The first-order valence-electron chi connectivity index (χ1n) is 8.92. The van der Waals surface area contributed by atoms with Crippen molar-refractivity contribution in [2.24, 2.45) is 0 Å². The van der Waals surface area contributed by atoms with Crippen LogP contribution in [0.5, 0.6) is 0 Å². The summed E-state index contributed by atoms with van der Waals surface area (Å²) in [4.78, 5) is 28.0. The second-order valence-electron chi connectivity index (χ2n) is 6.85. The molecule has 0 unspecified atom stereocenters. The van der Waals surface area contributed by atoms with Crippen LogP contribution in [-0.4, -0.2) is 37.9 Å². The van der Waals surface area contributed by atoms with Gasteiger partial charge in [-0.05, 0) is 35.0 Å². The van der Waals surface area contributed by atoms with Gasteiger partial charge in [0.2, 0.25) is 0 Å². The van der Waals surface area contributed by atoms with E-state index in [4.69, 9.17) is 4.74 Å². The molecule has 2 aliphatic rings. The maximum atomic E-state index is 14.7. The third-order valence-corrected chi connectivity index (χ3v) is 5.30. The Balaban J connectivity index is 1.68. The molecule has 0 amide bonds. The molecule has 0 aromatic heterocycles. The molecule has 1 saturated heterocycles. The molecule has 134 valence electrons. The molecule has 0 radical (unpaired) electrons. The van der Waals surface area contributed by atoms with Crippen molar-refractivity contribution in [1.82, 2.24) is 0 Å². The first kappa shape index (κ1) is 16.1. The number of halogens is 1. The summed E-state index contributed by atoms with van der Waals surface area (Å²) in [6.07, 6.45) is 0. The number of ether oxygens (including phenoxy) is 1. The Hall–Kier alpha value is -3.05. The Morgan fingerprint density at radius 1 is 0.778 bits per heavy atom. The third-order valence-electron chi connectivity index (χ3n) is 5.30. The standard InChI is InChI=1S/C22H16FNO3/c23-19-11-17-18(12-20(19)24-5-7-27-8-6-24)22(26)16-10-14-4-2-1-3-13(14)9-15(16)21(17)25/h1-4,9-12H,5-8H2. The summed E-state index contributed by atoms with van der Waals surface area (Å²) in [6.45, 7) is 2.13. The summed E-state index contributed by atoms with van der Waals surface area (Å²) in [6, 6.07) is 13.8. The van der Waals surface area contributed by atoms with Crippen molar-refractivity contribution < 1.29 is 18.7 Å². The van der Waals surface area contributed by atoms with Gasteiger partial charge >= 0.3 is 0 Å². The predicted octanol–water partition coefficient (Wildman–Crippen LogP) is 3.59. The Bertz CT molecular complexity index is 1120. The minimum Gasteiger partial charge on any atom is -0.378 e. The molecule has 27 heavy (non-hydrogen) atoms. The van der Waals surface area contributed by atoms with Crippen LogP contribution in [0.2, 0.25) is 0 Å². The summed E-state index contributed by atoms with van der Waals surface area (Å²) >= 11 is 0. The normalized spacial score (nSPS) is 16.4. The van der Waals surface area contributed by atoms with Gasteiger partial charge in [0.25, 0.3) is 0 Å². The van der Waals surface area contributed by atoms with Gasteiger partial charge in [-0.15, -0.1) is 0 Å². The Morgan fingerprint density at radius 3 is 1.89 bits per heavy atom. The van der Waals surface area contributed by atoms with Crippen molar-refractivity contribution in [3.05, 3.63) is 76.6 Å². The van der Waals surface area contributed by atoms with E-state index in [-0.39, 0.29) is 22.7 Å². The zero-order valence-electron chi connectivity index (χ0n) is 14.5. The van der Waals surface area contributed by atoms with E-state index in [9.17, 15) is 14.0 Å². The molecular formula is C22H16FNO3. The predicted molar refractivity (Wildman–Crippen MR) is 100 cm³/mol. The third kappa shape index (κ3) is 2.46. The smallest absolute Gasteiger partial charge is 0.194 e. The van der Waals surface area contributed by atoms with E-state index < -0.39 is 5.82 Å². The van der Waals surface area contributed by atoms with Crippen LogP contribution in [0.25, 0.3) is 10.8 Å².